The van der Waals surface area contributed by atoms with Gasteiger partial charge in [0.15, 0.2) is 0 Å². The number of aromatic amines is 1. The average Bonchev–Trinajstić information content (AvgIpc) is 2.95. The van der Waals surface area contributed by atoms with Crippen molar-refractivity contribution < 1.29 is 9.66 Å². The van der Waals surface area contributed by atoms with Crippen molar-refractivity contribution in [1.82, 2.24) is 10.2 Å². The fraction of sp³-hybridized carbons (Fsp3) is 0.200. The van der Waals surface area contributed by atoms with Gasteiger partial charge in [-0.05, 0) is 12.0 Å². The van der Waals surface area contributed by atoms with Gasteiger partial charge in [-0.3, -0.25) is 15.2 Å². The van der Waals surface area contributed by atoms with E-state index in [4.69, 9.17) is 10.5 Å². The number of nitrogens with zero attached hydrogens (tertiary/aromatic N) is 3. The van der Waals surface area contributed by atoms with E-state index in [1.807, 2.05) is 6.92 Å². The molecular formula is C15H13N5O3. The summed E-state index contributed by atoms with van der Waals surface area (Å²) in [5.41, 5.74) is 8.09. The van der Waals surface area contributed by atoms with Gasteiger partial charge in [0, 0.05) is 23.4 Å². The lowest BCUT2D eigenvalue weighted by atomic mass is 9.83. The summed E-state index contributed by atoms with van der Waals surface area (Å²) in [6.45, 7) is 1.94. The van der Waals surface area contributed by atoms with Crippen LogP contribution in [0.2, 0.25) is 0 Å². The van der Waals surface area contributed by atoms with E-state index in [1.54, 1.807) is 12.1 Å². The van der Waals surface area contributed by atoms with Gasteiger partial charge in [-0.2, -0.15) is 5.26 Å². The number of nitro benzene ring substituents is 1. The number of ether oxygens (including phenoxy) is 1. The van der Waals surface area contributed by atoms with E-state index in [-0.39, 0.29) is 17.1 Å². The Bertz CT molecular complexity index is 862. The molecule has 0 saturated heterocycles. The summed E-state index contributed by atoms with van der Waals surface area (Å²) in [4.78, 5) is 10.6. The molecule has 0 bridgehead atoms. The molecule has 1 aliphatic rings. The van der Waals surface area contributed by atoms with Crippen LogP contribution in [-0.2, 0) is 6.42 Å². The summed E-state index contributed by atoms with van der Waals surface area (Å²) in [6, 6.07) is 8.20. The summed E-state index contributed by atoms with van der Waals surface area (Å²) < 4.78 is 5.41. The van der Waals surface area contributed by atoms with Crippen LogP contribution in [0.5, 0.6) is 5.88 Å². The predicted molar refractivity (Wildman–Crippen MR) is 80.4 cm³/mol. The van der Waals surface area contributed by atoms with E-state index >= 15 is 0 Å². The number of nitriles is 1. The molecule has 0 saturated carbocycles. The highest BCUT2D eigenvalue weighted by Crippen LogP contribution is 2.43. The second-order valence-electron chi connectivity index (χ2n) is 5.05. The smallest absolute Gasteiger partial charge is 0.269 e. The van der Waals surface area contributed by atoms with Crippen molar-refractivity contribution in [2.24, 2.45) is 5.73 Å². The second-order valence-corrected chi connectivity index (χ2v) is 5.05. The van der Waals surface area contributed by atoms with Gasteiger partial charge in [-0.1, -0.05) is 19.1 Å². The molecule has 116 valence electrons. The van der Waals surface area contributed by atoms with E-state index in [9.17, 15) is 15.4 Å². The molecule has 3 rings (SSSR count). The van der Waals surface area contributed by atoms with E-state index in [1.165, 1.54) is 12.1 Å². The van der Waals surface area contributed by atoms with Crippen molar-refractivity contribution in [3.05, 3.63) is 62.7 Å². The molecule has 23 heavy (non-hydrogen) atoms. The summed E-state index contributed by atoms with van der Waals surface area (Å²) in [6.07, 6.45) is 0.649. The van der Waals surface area contributed by atoms with Crippen LogP contribution in [0.1, 0.15) is 29.7 Å². The van der Waals surface area contributed by atoms with Gasteiger partial charge in [0.2, 0.25) is 11.8 Å². The first kappa shape index (κ1) is 14.6. The first-order valence-electron chi connectivity index (χ1n) is 6.95. The van der Waals surface area contributed by atoms with Crippen molar-refractivity contribution in [2.45, 2.75) is 19.3 Å². The number of rotatable bonds is 3. The zero-order chi connectivity index (χ0) is 16.6. The number of H-pyrrole nitrogens is 1. The third-order valence-electron chi connectivity index (χ3n) is 3.79. The van der Waals surface area contributed by atoms with Gasteiger partial charge in [-0.25, -0.2) is 0 Å². The number of aromatic nitrogens is 2. The number of aryl methyl sites for hydroxylation is 1. The van der Waals surface area contributed by atoms with E-state index < -0.39 is 10.8 Å². The van der Waals surface area contributed by atoms with E-state index in [2.05, 4.69) is 16.3 Å². The van der Waals surface area contributed by atoms with Crippen LogP contribution in [0, 0.1) is 21.4 Å². The minimum Gasteiger partial charge on any atom is -0.420 e. The summed E-state index contributed by atoms with van der Waals surface area (Å²) in [5, 5.41) is 27.4. The van der Waals surface area contributed by atoms with Crippen LogP contribution in [0.15, 0.2) is 35.7 Å². The van der Waals surface area contributed by atoms with Gasteiger partial charge in [0.1, 0.15) is 11.6 Å². The average molecular weight is 311 g/mol. The van der Waals surface area contributed by atoms with E-state index in [0.717, 1.165) is 5.69 Å². The van der Waals surface area contributed by atoms with E-state index in [0.29, 0.717) is 23.4 Å². The maximum absolute atomic E-state index is 11.0. The van der Waals surface area contributed by atoms with Crippen molar-refractivity contribution in [1.29, 1.82) is 5.26 Å². The standard InChI is InChI=1S/C15H13N5O3/c1-2-11-13-12(8-4-3-5-9(6-8)20(21)22)10(7-16)14(17)23-15(13)19-18-11/h3-6,12H,2,17H2,1H3,(H,18,19)/t12-/m1/s1. The fourth-order valence-corrected chi connectivity index (χ4v) is 2.73. The van der Waals surface area contributed by atoms with Crippen LogP contribution in [0.4, 0.5) is 5.69 Å². The number of nitrogens with two attached hydrogens (primary N) is 1. The molecule has 0 unspecified atom stereocenters. The minimum absolute atomic E-state index is 0.0364. The molecule has 1 aromatic heterocycles. The minimum atomic E-state index is -0.544. The number of nitro groups is 1. The first-order chi connectivity index (χ1) is 11.1. The molecule has 0 radical (unpaired) electrons. The third-order valence-corrected chi connectivity index (χ3v) is 3.79. The van der Waals surface area contributed by atoms with Crippen LogP contribution < -0.4 is 10.5 Å². The van der Waals surface area contributed by atoms with Gasteiger partial charge in [0.25, 0.3) is 5.69 Å². The third kappa shape index (κ3) is 2.28. The maximum atomic E-state index is 11.0. The molecule has 8 heteroatoms. The van der Waals surface area contributed by atoms with Gasteiger partial charge >= 0.3 is 0 Å². The Hall–Kier alpha value is -3.34. The highest BCUT2D eigenvalue weighted by atomic mass is 16.6. The summed E-state index contributed by atoms with van der Waals surface area (Å²) in [5.74, 6) is -0.280. The molecule has 0 fully saturated rings. The van der Waals surface area contributed by atoms with Gasteiger partial charge < -0.3 is 10.5 Å². The van der Waals surface area contributed by atoms with Crippen molar-refractivity contribution in [3.8, 4) is 11.9 Å². The summed E-state index contributed by atoms with van der Waals surface area (Å²) in [7, 11) is 0. The quantitative estimate of drug-likeness (QED) is 0.659. The molecule has 2 aromatic rings. The van der Waals surface area contributed by atoms with Gasteiger partial charge in [-0.15, -0.1) is 5.10 Å². The molecule has 8 nitrogen and oxygen atoms in total. The highest BCUT2D eigenvalue weighted by molar-refractivity contribution is 5.56. The van der Waals surface area contributed by atoms with Crippen LogP contribution in [0.25, 0.3) is 0 Å². The number of benzene rings is 1. The number of non-ortho nitro benzene ring substituents is 1. The van der Waals surface area contributed by atoms with Crippen LogP contribution >= 0.6 is 0 Å². The Morgan fingerprint density at radius 1 is 1.57 bits per heavy atom. The first-order valence-corrected chi connectivity index (χ1v) is 6.95. The lowest BCUT2D eigenvalue weighted by Gasteiger charge is -2.23. The Kier molecular flexibility index (Phi) is 3.46. The Morgan fingerprint density at radius 2 is 2.35 bits per heavy atom. The molecule has 1 aliphatic heterocycles. The number of nitrogens with one attached hydrogen (secondary N) is 1. The number of hydrogen-bond acceptors (Lipinski definition) is 6. The molecule has 1 atom stereocenters. The van der Waals surface area contributed by atoms with Crippen molar-refractivity contribution in [2.75, 3.05) is 0 Å². The Labute approximate surface area is 131 Å². The fourth-order valence-electron chi connectivity index (χ4n) is 2.73. The largest absolute Gasteiger partial charge is 0.420 e. The van der Waals surface area contributed by atoms with Crippen LogP contribution in [-0.4, -0.2) is 15.1 Å². The van der Waals surface area contributed by atoms with Crippen LogP contribution in [0.3, 0.4) is 0 Å². The molecule has 3 N–H and O–H groups in total. The summed E-state index contributed by atoms with van der Waals surface area (Å²) >= 11 is 0. The number of allylic oxidation sites excluding steroid dienone is 1. The molecular weight excluding hydrogens is 298 g/mol. The maximum Gasteiger partial charge on any atom is 0.269 e. The zero-order valence-corrected chi connectivity index (χ0v) is 12.2. The monoisotopic (exact) mass is 311 g/mol. The van der Waals surface area contributed by atoms with Crippen molar-refractivity contribution >= 4 is 5.69 Å². The topological polar surface area (TPSA) is 131 Å². The van der Waals surface area contributed by atoms with Gasteiger partial charge in [0.05, 0.1) is 10.8 Å². The molecule has 2 heterocycles. The SMILES string of the molecule is CCc1[nH]nc2c1[C@H](c1cccc([N+](=O)[O-])c1)C(C#N)=C(N)O2. The number of fused-ring (bicyclic) bond motifs is 1. The Balaban J connectivity index is 2.23. The predicted octanol–water partition coefficient (Wildman–Crippen LogP) is 2.10. The molecule has 0 aliphatic carbocycles. The highest BCUT2D eigenvalue weighted by Gasteiger charge is 2.35. The Morgan fingerprint density at radius 3 is 3.00 bits per heavy atom. The van der Waals surface area contributed by atoms with Crippen molar-refractivity contribution in [3.63, 3.8) is 0 Å². The zero-order valence-electron chi connectivity index (χ0n) is 12.2. The molecule has 0 spiro atoms. The normalized spacial score (nSPS) is 16.4. The lowest BCUT2D eigenvalue weighted by Crippen LogP contribution is -2.21. The second kappa shape index (κ2) is 5.46. The molecule has 0 amide bonds. The lowest BCUT2D eigenvalue weighted by molar-refractivity contribution is -0.384. The molecule has 1 aromatic carbocycles. The number of hydrogen-bond donors (Lipinski definition) is 2.